The molecule has 0 aromatic carbocycles. The number of rotatable bonds is 7. The summed E-state index contributed by atoms with van der Waals surface area (Å²) in [7, 11) is 1.50. The number of carbonyl (C=O) groups is 4. The molecule has 1 aliphatic rings. The van der Waals surface area contributed by atoms with E-state index in [4.69, 9.17) is 0 Å². The number of hydrogen-bond acceptors (Lipinski definition) is 5. The monoisotopic (exact) mass is 286 g/mol. The van der Waals surface area contributed by atoms with Gasteiger partial charge in [-0.2, -0.15) is 0 Å². The number of imide groups is 1. The molecule has 1 heterocycles. The van der Waals surface area contributed by atoms with Crippen molar-refractivity contribution < 1.29 is 19.2 Å². The average molecular weight is 286 g/mol. The molecule has 7 heteroatoms. The number of Topliss-reactive ketones (excluding diaryl/α,β-unsaturated/α-hetero) is 1. The number of hydrogen-bond donors (Lipinski definition) is 1. The first-order valence-electron chi connectivity index (χ1n) is 6.17. The highest BCUT2D eigenvalue weighted by Gasteiger charge is 2.38. The zero-order chi connectivity index (χ0) is 14.4. The molecule has 1 atom stereocenters. The van der Waals surface area contributed by atoms with Gasteiger partial charge in [-0.05, 0) is 0 Å². The molecule has 1 aliphatic heterocycles. The molecular formula is C12H18N2O4S. The van der Waals surface area contributed by atoms with Gasteiger partial charge in [0.05, 0.1) is 11.0 Å². The van der Waals surface area contributed by atoms with Crippen molar-refractivity contribution in [3.8, 4) is 0 Å². The van der Waals surface area contributed by atoms with Gasteiger partial charge >= 0.3 is 0 Å². The number of thioether (sulfide) groups is 1. The van der Waals surface area contributed by atoms with Crippen LogP contribution in [0.4, 0.5) is 0 Å². The standard InChI is InChI=1S/C12H18N2O4S/c1-3-8(15)7-19-9-6-11(17)14(12(9)18)5-4-10(16)13-2/h9H,3-7H2,1-2H3,(H,13,16). The van der Waals surface area contributed by atoms with Crippen molar-refractivity contribution in [3.05, 3.63) is 0 Å². The third kappa shape index (κ3) is 4.34. The van der Waals surface area contributed by atoms with E-state index in [0.717, 1.165) is 4.90 Å². The van der Waals surface area contributed by atoms with E-state index >= 15 is 0 Å². The number of amides is 3. The maximum absolute atomic E-state index is 12.0. The van der Waals surface area contributed by atoms with Crippen LogP contribution in [0.15, 0.2) is 0 Å². The third-order valence-electron chi connectivity index (χ3n) is 2.88. The highest BCUT2D eigenvalue weighted by atomic mass is 32.2. The largest absolute Gasteiger partial charge is 0.359 e. The van der Waals surface area contributed by atoms with E-state index in [9.17, 15) is 19.2 Å². The molecule has 6 nitrogen and oxygen atoms in total. The van der Waals surface area contributed by atoms with Gasteiger partial charge in [0.15, 0.2) is 0 Å². The van der Waals surface area contributed by atoms with Crippen molar-refractivity contribution in [1.82, 2.24) is 10.2 Å². The van der Waals surface area contributed by atoms with Gasteiger partial charge < -0.3 is 5.32 Å². The summed E-state index contributed by atoms with van der Waals surface area (Å²) in [4.78, 5) is 47.1. The zero-order valence-electron chi connectivity index (χ0n) is 11.1. The third-order valence-corrected chi connectivity index (χ3v) is 4.14. The smallest absolute Gasteiger partial charge is 0.242 e. The molecule has 1 unspecified atom stereocenters. The van der Waals surface area contributed by atoms with Crippen LogP contribution in [0, 0.1) is 0 Å². The lowest BCUT2D eigenvalue weighted by molar-refractivity contribution is -0.138. The van der Waals surface area contributed by atoms with Gasteiger partial charge in [-0.25, -0.2) is 0 Å². The Hall–Kier alpha value is -1.37. The molecular weight excluding hydrogens is 268 g/mol. The summed E-state index contributed by atoms with van der Waals surface area (Å²) in [6.45, 7) is 1.87. The molecule has 0 spiro atoms. The lowest BCUT2D eigenvalue weighted by Gasteiger charge is -2.13. The summed E-state index contributed by atoms with van der Waals surface area (Å²) >= 11 is 1.21. The molecule has 106 valence electrons. The fourth-order valence-corrected chi connectivity index (χ4v) is 2.77. The van der Waals surface area contributed by atoms with Crippen LogP contribution in [0.5, 0.6) is 0 Å². The Morgan fingerprint density at radius 2 is 2.11 bits per heavy atom. The van der Waals surface area contributed by atoms with Crippen LogP contribution in [0.2, 0.25) is 0 Å². The van der Waals surface area contributed by atoms with Crippen molar-refractivity contribution in [2.75, 3.05) is 19.3 Å². The summed E-state index contributed by atoms with van der Waals surface area (Å²) in [5.74, 6) is -0.450. The van der Waals surface area contributed by atoms with E-state index in [1.54, 1.807) is 6.92 Å². The highest BCUT2D eigenvalue weighted by Crippen LogP contribution is 2.25. The van der Waals surface area contributed by atoms with Gasteiger partial charge in [0.1, 0.15) is 5.78 Å². The maximum Gasteiger partial charge on any atom is 0.242 e. The van der Waals surface area contributed by atoms with Crippen LogP contribution in [-0.2, 0) is 19.2 Å². The Morgan fingerprint density at radius 3 is 2.68 bits per heavy atom. The summed E-state index contributed by atoms with van der Waals surface area (Å²) in [5, 5.41) is 1.96. The average Bonchev–Trinajstić information content (AvgIpc) is 2.68. The van der Waals surface area contributed by atoms with Gasteiger partial charge in [0, 0.05) is 32.9 Å². The van der Waals surface area contributed by atoms with Crippen molar-refractivity contribution >= 4 is 35.3 Å². The van der Waals surface area contributed by atoms with Crippen LogP contribution in [-0.4, -0.2) is 53.0 Å². The first kappa shape index (κ1) is 15.7. The van der Waals surface area contributed by atoms with Crippen LogP contribution in [0.25, 0.3) is 0 Å². The maximum atomic E-state index is 12.0. The summed E-state index contributed by atoms with van der Waals surface area (Å²) in [6, 6.07) is 0. The van der Waals surface area contributed by atoms with E-state index in [2.05, 4.69) is 5.32 Å². The molecule has 1 fully saturated rings. The SMILES string of the molecule is CCC(=O)CSC1CC(=O)N(CCC(=O)NC)C1=O. The van der Waals surface area contributed by atoms with Crippen LogP contribution < -0.4 is 5.32 Å². The molecule has 0 bridgehead atoms. The predicted molar refractivity (Wildman–Crippen MR) is 71.6 cm³/mol. The summed E-state index contributed by atoms with van der Waals surface area (Å²) < 4.78 is 0. The lowest BCUT2D eigenvalue weighted by Crippen LogP contribution is -2.35. The van der Waals surface area contributed by atoms with Crippen LogP contribution in [0.1, 0.15) is 26.2 Å². The van der Waals surface area contributed by atoms with Gasteiger partial charge in [-0.15, -0.1) is 11.8 Å². The Balaban J connectivity index is 2.48. The molecule has 1 rings (SSSR count). The quantitative estimate of drug-likeness (QED) is 0.664. The summed E-state index contributed by atoms with van der Waals surface area (Å²) in [5.41, 5.74) is 0. The number of nitrogens with one attached hydrogen (secondary N) is 1. The normalized spacial score (nSPS) is 18.8. The van der Waals surface area contributed by atoms with Crippen LogP contribution >= 0.6 is 11.8 Å². The minimum atomic E-state index is -0.479. The fraction of sp³-hybridized carbons (Fsp3) is 0.667. The zero-order valence-corrected chi connectivity index (χ0v) is 11.9. The van der Waals surface area contributed by atoms with E-state index < -0.39 is 5.25 Å². The second-order valence-corrected chi connectivity index (χ2v) is 5.39. The lowest BCUT2D eigenvalue weighted by atomic mass is 10.3. The Morgan fingerprint density at radius 1 is 1.42 bits per heavy atom. The fourth-order valence-electron chi connectivity index (χ4n) is 1.65. The number of likely N-dealkylation sites (tertiary alicyclic amines) is 1. The molecule has 0 radical (unpaired) electrons. The van der Waals surface area contributed by atoms with E-state index in [1.807, 2.05) is 0 Å². The minimum absolute atomic E-state index is 0.0639. The summed E-state index contributed by atoms with van der Waals surface area (Å²) in [6.07, 6.45) is 0.662. The molecule has 0 aromatic heterocycles. The Labute approximate surface area is 116 Å². The second kappa shape index (κ2) is 7.28. The van der Waals surface area contributed by atoms with E-state index in [1.165, 1.54) is 18.8 Å². The van der Waals surface area contributed by atoms with E-state index in [0.29, 0.717) is 6.42 Å². The van der Waals surface area contributed by atoms with Crippen molar-refractivity contribution in [1.29, 1.82) is 0 Å². The molecule has 1 N–H and O–H groups in total. The van der Waals surface area contributed by atoms with Crippen molar-refractivity contribution in [3.63, 3.8) is 0 Å². The number of nitrogens with zero attached hydrogens (tertiary/aromatic N) is 1. The Kier molecular flexibility index (Phi) is 6.01. The molecule has 1 saturated heterocycles. The van der Waals surface area contributed by atoms with Crippen LogP contribution in [0.3, 0.4) is 0 Å². The van der Waals surface area contributed by atoms with Gasteiger partial charge in [-0.3, -0.25) is 24.1 Å². The van der Waals surface area contributed by atoms with Gasteiger partial charge in [-0.1, -0.05) is 6.92 Å². The molecule has 0 aliphatic carbocycles. The number of ketones is 1. The molecule has 0 aromatic rings. The van der Waals surface area contributed by atoms with Gasteiger partial charge in [0.25, 0.3) is 0 Å². The molecule has 0 saturated carbocycles. The first-order chi connectivity index (χ1) is 8.99. The highest BCUT2D eigenvalue weighted by molar-refractivity contribution is 8.01. The predicted octanol–water partition coefficient (Wildman–Crippen LogP) is -0.0377. The second-order valence-electron chi connectivity index (χ2n) is 4.20. The first-order valence-corrected chi connectivity index (χ1v) is 7.22. The van der Waals surface area contributed by atoms with Crippen molar-refractivity contribution in [2.45, 2.75) is 31.4 Å². The number of carbonyl (C=O) groups excluding carboxylic acids is 4. The van der Waals surface area contributed by atoms with Crippen molar-refractivity contribution in [2.24, 2.45) is 0 Å². The van der Waals surface area contributed by atoms with Gasteiger partial charge in [0.2, 0.25) is 17.7 Å². The molecule has 3 amide bonds. The van der Waals surface area contributed by atoms with E-state index in [-0.39, 0.29) is 48.6 Å². The Bertz CT molecular complexity index is 397. The molecule has 19 heavy (non-hydrogen) atoms. The minimum Gasteiger partial charge on any atom is -0.359 e. The topological polar surface area (TPSA) is 83.6 Å².